The molecule has 140 valence electrons. The Morgan fingerprint density at radius 3 is 2.70 bits per heavy atom. The summed E-state index contributed by atoms with van der Waals surface area (Å²) in [4.78, 5) is 26.5. The molecule has 0 saturated carbocycles. The molecule has 2 aromatic rings. The van der Waals surface area contributed by atoms with E-state index in [0.717, 1.165) is 0 Å². The van der Waals surface area contributed by atoms with Crippen LogP contribution in [-0.4, -0.2) is 31.6 Å². The Hall–Kier alpha value is -2.61. The molecular weight excluding hydrogens is 419 g/mol. The minimum Gasteiger partial charge on any atom is -0.486 e. The van der Waals surface area contributed by atoms with Crippen molar-refractivity contribution in [3.05, 3.63) is 46.7 Å². The van der Waals surface area contributed by atoms with Crippen LogP contribution in [0.3, 0.4) is 0 Å². The van der Waals surface area contributed by atoms with E-state index in [2.05, 4.69) is 21.2 Å². The number of hydrogen-bond acceptors (Lipinski definition) is 4. The third kappa shape index (κ3) is 3.62. The highest BCUT2D eigenvalue weighted by Crippen LogP contribution is 2.36. The SMILES string of the molecule is O=C(Nc1ccc(Br)cc1F)C1CC(=O)N(c2ccc3c(c2)OCCO3)C1. The number of carbonyl (C=O) groups is 2. The first-order valence-electron chi connectivity index (χ1n) is 8.47. The van der Waals surface area contributed by atoms with E-state index >= 15 is 0 Å². The highest BCUT2D eigenvalue weighted by Gasteiger charge is 2.35. The number of nitrogens with one attached hydrogen (secondary N) is 1. The van der Waals surface area contributed by atoms with Gasteiger partial charge in [-0.2, -0.15) is 0 Å². The molecule has 27 heavy (non-hydrogen) atoms. The van der Waals surface area contributed by atoms with Crippen LogP contribution in [-0.2, 0) is 9.59 Å². The lowest BCUT2D eigenvalue weighted by atomic mass is 10.1. The summed E-state index contributed by atoms with van der Waals surface area (Å²) in [7, 11) is 0. The van der Waals surface area contributed by atoms with Gasteiger partial charge in [-0.25, -0.2) is 4.39 Å². The number of nitrogens with zero attached hydrogens (tertiary/aromatic N) is 1. The largest absolute Gasteiger partial charge is 0.486 e. The summed E-state index contributed by atoms with van der Waals surface area (Å²) >= 11 is 3.17. The summed E-state index contributed by atoms with van der Waals surface area (Å²) in [5.74, 6) is -0.430. The van der Waals surface area contributed by atoms with Crippen molar-refractivity contribution in [2.75, 3.05) is 30.0 Å². The standard InChI is InChI=1S/C19H16BrFN2O4/c20-12-1-3-15(14(21)8-12)22-19(25)11-7-18(24)23(10-11)13-2-4-16-17(9-13)27-6-5-26-16/h1-4,8-9,11H,5-7,10H2,(H,22,25). The highest BCUT2D eigenvalue weighted by atomic mass is 79.9. The summed E-state index contributed by atoms with van der Waals surface area (Å²) in [5, 5.41) is 2.56. The summed E-state index contributed by atoms with van der Waals surface area (Å²) in [5.41, 5.74) is 0.739. The number of hydrogen-bond donors (Lipinski definition) is 1. The third-order valence-corrected chi connectivity index (χ3v) is 5.02. The van der Waals surface area contributed by atoms with Gasteiger partial charge in [0.05, 0.1) is 11.6 Å². The van der Waals surface area contributed by atoms with Gasteiger partial charge in [0.2, 0.25) is 11.8 Å². The molecule has 1 saturated heterocycles. The number of fused-ring (bicyclic) bond motifs is 1. The highest BCUT2D eigenvalue weighted by molar-refractivity contribution is 9.10. The summed E-state index contributed by atoms with van der Waals surface area (Å²) in [6.45, 7) is 1.17. The molecular formula is C19H16BrFN2O4. The smallest absolute Gasteiger partial charge is 0.229 e. The molecule has 0 aromatic heterocycles. The van der Waals surface area contributed by atoms with E-state index < -0.39 is 11.7 Å². The molecule has 1 fully saturated rings. The second-order valence-electron chi connectivity index (χ2n) is 6.35. The Morgan fingerprint density at radius 1 is 1.15 bits per heavy atom. The monoisotopic (exact) mass is 434 g/mol. The fraction of sp³-hybridized carbons (Fsp3) is 0.263. The summed E-state index contributed by atoms with van der Waals surface area (Å²) < 4.78 is 25.5. The molecule has 1 N–H and O–H groups in total. The molecule has 0 spiro atoms. The van der Waals surface area contributed by atoms with Gasteiger partial charge in [0.1, 0.15) is 19.0 Å². The maximum absolute atomic E-state index is 13.9. The van der Waals surface area contributed by atoms with Crippen molar-refractivity contribution in [3.63, 3.8) is 0 Å². The predicted octanol–water partition coefficient (Wildman–Crippen LogP) is 3.35. The normalized spacial score (nSPS) is 18.5. The Balaban J connectivity index is 1.48. The molecule has 1 atom stereocenters. The molecule has 0 radical (unpaired) electrons. The van der Waals surface area contributed by atoms with Crippen molar-refractivity contribution in [2.45, 2.75) is 6.42 Å². The van der Waals surface area contributed by atoms with Crippen molar-refractivity contribution in [1.29, 1.82) is 0 Å². The van der Waals surface area contributed by atoms with Crippen molar-refractivity contribution in [3.8, 4) is 11.5 Å². The van der Waals surface area contributed by atoms with Crippen molar-refractivity contribution >= 4 is 39.1 Å². The molecule has 0 aliphatic carbocycles. The fourth-order valence-electron chi connectivity index (χ4n) is 3.16. The van der Waals surface area contributed by atoms with Crippen molar-refractivity contribution in [1.82, 2.24) is 0 Å². The Kier molecular flexibility index (Phi) is 4.73. The number of halogens is 2. The van der Waals surface area contributed by atoms with Crippen LogP contribution in [0.25, 0.3) is 0 Å². The zero-order valence-corrected chi connectivity index (χ0v) is 15.8. The third-order valence-electron chi connectivity index (χ3n) is 4.52. The summed E-state index contributed by atoms with van der Waals surface area (Å²) in [6, 6.07) is 9.65. The Bertz CT molecular complexity index is 921. The van der Waals surface area contributed by atoms with E-state index in [-0.39, 0.29) is 30.5 Å². The van der Waals surface area contributed by atoms with Crippen LogP contribution in [0.1, 0.15) is 6.42 Å². The van der Waals surface area contributed by atoms with E-state index in [4.69, 9.17) is 9.47 Å². The average molecular weight is 435 g/mol. The molecule has 2 heterocycles. The maximum atomic E-state index is 13.9. The van der Waals surface area contributed by atoms with E-state index in [1.165, 1.54) is 12.1 Å². The predicted molar refractivity (Wildman–Crippen MR) is 101 cm³/mol. The number of anilines is 2. The first kappa shape index (κ1) is 17.8. The van der Waals surface area contributed by atoms with Crippen molar-refractivity contribution < 1.29 is 23.5 Å². The van der Waals surface area contributed by atoms with E-state index in [1.54, 1.807) is 29.2 Å². The molecule has 2 aromatic carbocycles. The van der Waals surface area contributed by atoms with E-state index in [9.17, 15) is 14.0 Å². The maximum Gasteiger partial charge on any atom is 0.229 e. The van der Waals surface area contributed by atoms with Gasteiger partial charge >= 0.3 is 0 Å². The summed E-state index contributed by atoms with van der Waals surface area (Å²) in [6.07, 6.45) is 0.0679. The second-order valence-corrected chi connectivity index (χ2v) is 7.26. The molecule has 1 unspecified atom stereocenters. The average Bonchev–Trinajstić information content (AvgIpc) is 3.05. The number of benzene rings is 2. The zero-order chi connectivity index (χ0) is 19.0. The lowest BCUT2D eigenvalue weighted by Gasteiger charge is -2.22. The molecule has 6 nitrogen and oxygen atoms in total. The first-order valence-corrected chi connectivity index (χ1v) is 9.26. The van der Waals surface area contributed by atoms with Gasteiger partial charge in [-0.3, -0.25) is 9.59 Å². The van der Waals surface area contributed by atoms with Crippen LogP contribution in [0.15, 0.2) is 40.9 Å². The minimum absolute atomic E-state index is 0.0679. The first-order chi connectivity index (χ1) is 13.0. The molecule has 2 amide bonds. The number of amides is 2. The molecule has 0 bridgehead atoms. The van der Waals surface area contributed by atoms with Gasteiger partial charge < -0.3 is 19.7 Å². The molecule has 8 heteroatoms. The topological polar surface area (TPSA) is 67.9 Å². The van der Waals surface area contributed by atoms with Gasteiger partial charge in [-0.05, 0) is 30.3 Å². The van der Waals surface area contributed by atoms with Crippen molar-refractivity contribution in [2.24, 2.45) is 5.92 Å². The quantitative estimate of drug-likeness (QED) is 0.803. The number of ether oxygens (including phenoxy) is 2. The van der Waals surface area contributed by atoms with E-state index in [0.29, 0.717) is 34.9 Å². The lowest BCUT2D eigenvalue weighted by molar-refractivity contribution is -0.122. The molecule has 4 rings (SSSR count). The number of carbonyl (C=O) groups excluding carboxylic acids is 2. The van der Waals surface area contributed by atoms with Crippen LogP contribution in [0.4, 0.5) is 15.8 Å². The lowest BCUT2D eigenvalue weighted by Crippen LogP contribution is -2.28. The zero-order valence-electron chi connectivity index (χ0n) is 14.2. The van der Waals surface area contributed by atoms with Gasteiger partial charge in [-0.1, -0.05) is 15.9 Å². The molecule has 2 aliphatic rings. The van der Waals surface area contributed by atoms with Gasteiger partial charge in [-0.15, -0.1) is 0 Å². The van der Waals surface area contributed by atoms with Crippen LogP contribution < -0.4 is 19.7 Å². The van der Waals surface area contributed by atoms with Crippen LogP contribution in [0, 0.1) is 11.7 Å². The van der Waals surface area contributed by atoms with Crippen LogP contribution in [0.5, 0.6) is 11.5 Å². The van der Waals surface area contributed by atoms with Gasteiger partial charge in [0.25, 0.3) is 0 Å². The molecule has 2 aliphatic heterocycles. The van der Waals surface area contributed by atoms with E-state index in [1.807, 2.05) is 0 Å². The van der Waals surface area contributed by atoms with Crippen LogP contribution >= 0.6 is 15.9 Å². The second kappa shape index (κ2) is 7.19. The van der Waals surface area contributed by atoms with Crippen LogP contribution in [0.2, 0.25) is 0 Å². The minimum atomic E-state index is -0.561. The number of rotatable bonds is 3. The Morgan fingerprint density at radius 2 is 1.93 bits per heavy atom. The fourth-order valence-corrected chi connectivity index (χ4v) is 3.49. The van der Waals surface area contributed by atoms with Gasteiger partial charge in [0.15, 0.2) is 11.5 Å². The van der Waals surface area contributed by atoms with Gasteiger partial charge in [0, 0.05) is 29.2 Å². The Labute approximate surface area is 163 Å².